The molecule has 0 saturated heterocycles. The maximum Gasteiger partial charge on any atom is 0.250 e. The van der Waals surface area contributed by atoms with Crippen molar-refractivity contribution in [3.63, 3.8) is 0 Å². The maximum atomic E-state index is 12.8. The molecule has 1 N–H and O–H groups in total. The van der Waals surface area contributed by atoms with Crippen molar-refractivity contribution in [3.05, 3.63) is 24.5 Å². The Labute approximate surface area is 165 Å². The average molecular weight is 406 g/mol. The topological polar surface area (TPSA) is 107 Å². The Balaban J connectivity index is 1.73. The Morgan fingerprint density at radius 2 is 1.75 bits per heavy atom. The molecule has 0 aromatic carbocycles. The monoisotopic (exact) mass is 405 g/mol. The van der Waals surface area contributed by atoms with Crippen molar-refractivity contribution in [1.82, 2.24) is 25.1 Å². The highest BCUT2D eigenvalue weighted by atomic mass is 32.2. The second kappa shape index (κ2) is 9.27. The molecule has 8 nitrogen and oxygen atoms in total. The minimum absolute atomic E-state index is 0.0550. The Morgan fingerprint density at radius 1 is 1.11 bits per heavy atom. The number of carbonyl (C=O) groups is 1. The van der Waals surface area contributed by atoms with Gasteiger partial charge in [0.25, 0.3) is 5.16 Å². The number of hydrogen-bond donors (Lipinski definition) is 1. The first-order valence-corrected chi connectivity index (χ1v) is 11.5. The molecule has 3 rings (SSSR count). The second-order valence-electron chi connectivity index (χ2n) is 7.15. The summed E-state index contributed by atoms with van der Waals surface area (Å²) < 4.78 is 27.2. The lowest BCUT2D eigenvalue weighted by Crippen LogP contribution is -2.39. The van der Waals surface area contributed by atoms with Gasteiger partial charge >= 0.3 is 0 Å². The van der Waals surface area contributed by atoms with E-state index in [2.05, 4.69) is 20.5 Å². The molecule has 1 aliphatic rings. The van der Waals surface area contributed by atoms with Crippen molar-refractivity contribution in [2.24, 2.45) is 0 Å². The zero-order valence-corrected chi connectivity index (χ0v) is 17.0. The zero-order valence-electron chi connectivity index (χ0n) is 16.2. The molecule has 2 heterocycles. The van der Waals surface area contributed by atoms with Gasteiger partial charge in [-0.25, -0.2) is 8.42 Å². The van der Waals surface area contributed by atoms with Crippen LogP contribution in [0.3, 0.4) is 0 Å². The fraction of sp³-hybridized carbons (Fsp3) is 0.579. The number of hydrogen-bond acceptors (Lipinski definition) is 6. The van der Waals surface area contributed by atoms with E-state index < -0.39 is 21.5 Å². The molecule has 0 spiro atoms. The van der Waals surface area contributed by atoms with E-state index in [1.54, 1.807) is 24.5 Å². The van der Waals surface area contributed by atoms with Gasteiger partial charge in [0, 0.05) is 30.5 Å². The number of nitrogens with one attached hydrogen (secondary N) is 1. The first-order valence-electron chi connectivity index (χ1n) is 9.87. The van der Waals surface area contributed by atoms with Crippen LogP contribution in [0, 0.1) is 0 Å². The fourth-order valence-electron chi connectivity index (χ4n) is 3.63. The molecule has 0 atom stereocenters. The summed E-state index contributed by atoms with van der Waals surface area (Å²) in [6, 6.07) is 3.54. The number of nitrogens with zero attached hydrogens (tertiary/aromatic N) is 4. The van der Waals surface area contributed by atoms with Gasteiger partial charge in [-0.2, -0.15) is 0 Å². The summed E-state index contributed by atoms with van der Waals surface area (Å²) in [5.74, 6) is -0.636. The highest BCUT2D eigenvalue weighted by Crippen LogP contribution is 2.21. The predicted molar refractivity (Wildman–Crippen MR) is 105 cm³/mol. The molecule has 2 aromatic heterocycles. The smallest absolute Gasteiger partial charge is 0.250 e. The lowest BCUT2D eigenvalue weighted by atomic mass is 9.97. The molecule has 9 heteroatoms. The Kier molecular flexibility index (Phi) is 6.77. The first kappa shape index (κ1) is 20.4. The SMILES string of the molecule is CCn1c(-c2ccncc2)nnc1S(=O)(=O)CC(=O)NC1CCCCCCC1. The normalized spacial score (nSPS) is 16.3. The number of amides is 1. The van der Waals surface area contributed by atoms with Gasteiger partial charge in [0.05, 0.1) is 0 Å². The van der Waals surface area contributed by atoms with Crippen LogP contribution in [0.1, 0.15) is 51.9 Å². The van der Waals surface area contributed by atoms with E-state index in [0.29, 0.717) is 12.4 Å². The van der Waals surface area contributed by atoms with Gasteiger partial charge in [0.1, 0.15) is 5.75 Å². The Hall–Kier alpha value is -2.29. The highest BCUT2D eigenvalue weighted by Gasteiger charge is 2.28. The van der Waals surface area contributed by atoms with Crippen molar-refractivity contribution in [2.75, 3.05) is 5.75 Å². The van der Waals surface area contributed by atoms with Gasteiger partial charge in [-0.15, -0.1) is 10.2 Å². The molecule has 1 saturated carbocycles. The van der Waals surface area contributed by atoms with Crippen molar-refractivity contribution >= 4 is 15.7 Å². The average Bonchev–Trinajstić information content (AvgIpc) is 3.09. The molecule has 1 amide bonds. The predicted octanol–water partition coefficient (Wildman–Crippen LogP) is 2.36. The molecular formula is C19H27N5O3S. The van der Waals surface area contributed by atoms with Gasteiger partial charge in [-0.1, -0.05) is 32.1 Å². The largest absolute Gasteiger partial charge is 0.352 e. The van der Waals surface area contributed by atoms with Gasteiger partial charge < -0.3 is 5.32 Å². The van der Waals surface area contributed by atoms with Crippen molar-refractivity contribution in [1.29, 1.82) is 0 Å². The first-order chi connectivity index (χ1) is 13.5. The number of pyridine rings is 1. The molecule has 0 bridgehead atoms. The van der Waals surface area contributed by atoms with E-state index in [4.69, 9.17) is 0 Å². The van der Waals surface area contributed by atoms with E-state index in [0.717, 1.165) is 31.2 Å². The fourth-order valence-corrected chi connectivity index (χ4v) is 4.90. The maximum absolute atomic E-state index is 12.8. The standard InChI is InChI=1S/C19H27N5O3S/c1-2-24-18(15-10-12-20-13-11-15)22-23-19(24)28(26,27)14-17(25)21-16-8-6-4-3-5-7-9-16/h10-13,16H,2-9,14H2,1H3,(H,21,25). The van der Waals surface area contributed by atoms with Crippen molar-refractivity contribution in [2.45, 2.75) is 69.6 Å². The molecule has 0 unspecified atom stereocenters. The van der Waals surface area contributed by atoms with Crippen LogP contribution in [0.5, 0.6) is 0 Å². The summed E-state index contributed by atoms with van der Waals surface area (Å²) >= 11 is 0. The minimum atomic E-state index is -3.89. The molecule has 1 fully saturated rings. The van der Waals surface area contributed by atoms with Gasteiger partial charge in [-0.3, -0.25) is 14.3 Å². The molecule has 0 aliphatic heterocycles. The third-order valence-corrected chi connectivity index (χ3v) is 6.54. The summed E-state index contributed by atoms with van der Waals surface area (Å²) in [5.41, 5.74) is 0.727. The number of carbonyl (C=O) groups excluding carboxylic acids is 1. The lowest BCUT2D eigenvalue weighted by Gasteiger charge is -2.21. The summed E-state index contributed by atoms with van der Waals surface area (Å²) in [7, 11) is -3.89. The van der Waals surface area contributed by atoms with Gasteiger partial charge in [-0.05, 0) is 31.9 Å². The molecule has 0 radical (unpaired) electrons. The number of aromatic nitrogens is 4. The van der Waals surface area contributed by atoms with E-state index in [9.17, 15) is 13.2 Å². The van der Waals surface area contributed by atoms with Crippen molar-refractivity contribution in [3.8, 4) is 11.4 Å². The van der Waals surface area contributed by atoms with Gasteiger partial charge in [0.2, 0.25) is 15.7 Å². The number of rotatable bonds is 6. The summed E-state index contributed by atoms with van der Waals surface area (Å²) in [6.07, 6.45) is 10.7. The van der Waals surface area contributed by atoms with Crippen LogP contribution in [0.2, 0.25) is 0 Å². The third kappa shape index (κ3) is 4.95. The van der Waals surface area contributed by atoms with Crippen LogP contribution in [0.4, 0.5) is 0 Å². The van der Waals surface area contributed by atoms with Crippen LogP contribution in [-0.2, 0) is 21.2 Å². The van der Waals surface area contributed by atoms with Crippen LogP contribution >= 0.6 is 0 Å². The summed E-state index contributed by atoms with van der Waals surface area (Å²) in [4.78, 5) is 16.4. The van der Waals surface area contributed by atoms with E-state index in [1.807, 2.05) is 6.92 Å². The molecule has 2 aromatic rings. The molecular weight excluding hydrogens is 378 g/mol. The van der Waals surface area contributed by atoms with Crippen LogP contribution < -0.4 is 5.32 Å². The molecule has 1 aliphatic carbocycles. The summed E-state index contributed by atoms with van der Waals surface area (Å²) in [5, 5.41) is 10.7. The Bertz CT molecular complexity index is 888. The van der Waals surface area contributed by atoms with E-state index in [1.165, 1.54) is 23.8 Å². The second-order valence-corrected chi connectivity index (χ2v) is 9.04. The Morgan fingerprint density at radius 3 is 2.39 bits per heavy atom. The molecule has 28 heavy (non-hydrogen) atoms. The number of sulfone groups is 1. The highest BCUT2D eigenvalue weighted by molar-refractivity contribution is 7.92. The quantitative estimate of drug-likeness (QED) is 0.791. The molecule has 152 valence electrons. The minimum Gasteiger partial charge on any atom is -0.352 e. The van der Waals surface area contributed by atoms with E-state index in [-0.39, 0.29) is 11.2 Å². The zero-order chi connectivity index (χ0) is 20.0. The third-order valence-electron chi connectivity index (χ3n) is 5.04. The van der Waals surface area contributed by atoms with Crippen molar-refractivity contribution < 1.29 is 13.2 Å². The van der Waals surface area contributed by atoms with E-state index >= 15 is 0 Å². The van der Waals surface area contributed by atoms with Gasteiger partial charge in [0.15, 0.2) is 5.82 Å². The van der Waals surface area contributed by atoms with Crippen LogP contribution in [-0.4, -0.2) is 45.9 Å². The summed E-state index contributed by atoms with van der Waals surface area (Å²) in [6.45, 7) is 2.20. The lowest BCUT2D eigenvalue weighted by molar-refractivity contribution is -0.119. The van der Waals surface area contributed by atoms with Crippen LogP contribution in [0.25, 0.3) is 11.4 Å². The van der Waals surface area contributed by atoms with Crippen LogP contribution in [0.15, 0.2) is 29.7 Å².